The summed E-state index contributed by atoms with van der Waals surface area (Å²) in [7, 11) is 0. The Labute approximate surface area is 92.3 Å². The Kier molecular flexibility index (Phi) is 2.77. The van der Waals surface area contributed by atoms with Crippen LogP contribution in [0.3, 0.4) is 0 Å². The van der Waals surface area contributed by atoms with Gasteiger partial charge in [-0.3, -0.25) is 0 Å². The van der Waals surface area contributed by atoms with E-state index >= 15 is 0 Å². The minimum Gasteiger partial charge on any atom is -0.0614 e. The molecule has 0 heterocycles. The van der Waals surface area contributed by atoms with Crippen molar-refractivity contribution in [2.24, 2.45) is 0 Å². The monoisotopic (exact) mass is 198 g/mol. The molecule has 0 heteroatoms. The van der Waals surface area contributed by atoms with Crippen LogP contribution in [0.4, 0.5) is 0 Å². The molecule has 2 rings (SSSR count). The van der Waals surface area contributed by atoms with Crippen molar-refractivity contribution in [3.63, 3.8) is 0 Å². The quantitative estimate of drug-likeness (QED) is 0.667. The Morgan fingerprint density at radius 1 is 1.07 bits per heavy atom. The topological polar surface area (TPSA) is 0 Å². The maximum Gasteiger partial charge on any atom is -0.0152 e. The van der Waals surface area contributed by atoms with Gasteiger partial charge in [-0.15, -0.1) is 0 Å². The van der Waals surface area contributed by atoms with Crippen LogP contribution in [0, 0.1) is 0 Å². The summed E-state index contributed by atoms with van der Waals surface area (Å²) < 4.78 is 0. The molecule has 0 aliphatic heterocycles. The van der Waals surface area contributed by atoms with Crippen LogP contribution in [0.1, 0.15) is 37.8 Å². The molecule has 0 amide bonds. The lowest BCUT2D eigenvalue weighted by Crippen LogP contribution is -1.83. The standard InChI is InChI=1S/C15H18/c1-4-12-8-9-14-10-13(11(2)3)6-5-7-15(12)14/h5-11H,4H2,1-3H3. The van der Waals surface area contributed by atoms with Crippen LogP contribution in [0.2, 0.25) is 0 Å². The van der Waals surface area contributed by atoms with Crippen LogP contribution in [0.5, 0.6) is 0 Å². The number of hydrogen-bond acceptors (Lipinski definition) is 0. The normalized spacial score (nSPS) is 11.2. The minimum absolute atomic E-state index is 0.598. The zero-order chi connectivity index (χ0) is 10.8. The molecule has 0 aromatic heterocycles. The molecule has 0 atom stereocenters. The molecule has 0 spiro atoms. The van der Waals surface area contributed by atoms with E-state index in [1.54, 1.807) is 0 Å². The second-order valence-corrected chi connectivity index (χ2v) is 4.41. The molecule has 0 radical (unpaired) electrons. The number of fused-ring (bicyclic) bond motifs is 1. The van der Waals surface area contributed by atoms with Gasteiger partial charge in [-0.2, -0.15) is 0 Å². The molecule has 0 aromatic rings. The zero-order valence-electron chi connectivity index (χ0n) is 9.75. The highest BCUT2D eigenvalue weighted by atomic mass is 14.1. The summed E-state index contributed by atoms with van der Waals surface area (Å²) in [6.45, 7) is 6.70. The summed E-state index contributed by atoms with van der Waals surface area (Å²) in [6.07, 6.45) is 1.12. The van der Waals surface area contributed by atoms with Gasteiger partial charge in [-0.05, 0) is 34.6 Å². The number of rotatable bonds is 2. The Morgan fingerprint density at radius 3 is 2.53 bits per heavy atom. The van der Waals surface area contributed by atoms with E-state index in [9.17, 15) is 0 Å². The maximum atomic E-state index is 2.32. The molecule has 0 bridgehead atoms. The molecule has 2 aliphatic rings. The van der Waals surface area contributed by atoms with Crippen LogP contribution >= 0.6 is 0 Å². The first-order valence-electron chi connectivity index (χ1n) is 5.74. The first-order valence-corrected chi connectivity index (χ1v) is 5.74. The van der Waals surface area contributed by atoms with E-state index in [0.29, 0.717) is 5.92 Å². The van der Waals surface area contributed by atoms with Crippen molar-refractivity contribution in [2.45, 2.75) is 33.1 Å². The molecule has 2 aliphatic carbocycles. The molecule has 15 heavy (non-hydrogen) atoms. The van der Waals surface area contributed by atoms with E-state index in [4.69, 9.17) is 0 Å². The first kappa shape index (κ1) is 10.2. The van der Waals surface area contributed by atoms with Gasteiger partial charge in [0.15, 0.2) is 0 Å². The van der Waals surface area contributed by atoms with Crippen molar-refractivity contribution in [3.8, 4) is 11.1 Å². The molecule has 0 N–H and O–H groups in total. The largest absolute Gasteiger partial charge is 0.0614 e. The molecule has 0 saturated carbocycles. The Bertz CT molecular complexity index is 426. The first-order chi connectivity index (χ1) is 7.22. The fourth-order valence-corrected chi connectivity index (χ4v) is 2.03. The van der Waals surface area contributed by atoms with E-state index in [2.05, 4.69) is 57.2 Å². The van der Waals surface area contributed by atoms with Gasteiger partial charge in [0.05, 0.1) is 0 Å². The van der Waals surface area contributed by atoms with E-state index in [1.165, 1.54) is 22.3 Å². The van der Waals surface area contributed by atoms with Crippen molar-refractivity contribution in [3.05, 3.63) is 47.5 Å². The van der Waals surface area contributed by atoms with Crippen molar-refractivity contribution < 1.29 is 0 Å². The lowest BCUT2D eigenvalue weighted by molar-refractivity contribution is 0.869. The van der Waals surface area contributed by atoms with Crippen LogP contribution in [0.25, 0.3) is 11.1 Å². The Hall–Kier alpha value is -1.30. The maximum absolute atomic E-state index is 2.32. The van der Waals surface area contributed by atoms with Crippen LogP contribution < -0.4 is 0 Å². The van der Waals surface area contributed by atoms with Crippen LogP contribution in [-0.2, 0) is 6.42 Å². The highest BCUT2D eigenvalue weighted by Crippen LogP contribution is 2.29. The average molecular weight is 198 g/mol. The fourth-order valence-electron chi connectivity index (χ4n) is 2.03. The molecule has 0 saturated heterocycles. The highest BCUT2D eigenvalue weighted by molar-refractivity contribution is 5.71. The van der Waals surface area contributed by atoms with Crippen molar-refractivity contribution >= 4 is 0 Å². The summed E-state index contributed by atoms with van der Waals surface area (Å²) in [6, 6.07) is 13.4. The number of hydrogen-bond donors (Lipinski definition) is 0. The van der Waals surface area contributed by atoms with Gasteiger partial charge in [-0.1, -0.05) is 57.2 Å². The second kappa shape index (κ2) is 4.06. The molecule has 0 unspecified atom stereocenters. The van der Waals surface area contributed by atoms with Gasteiger partial charge >= 0.3 is 0 Å². The molecule has 0 nitrogen and oxygen atoms in total. The van der Waals surface area contributed by atoms with Gasteiger partial charge in [0.2, 0.25) is 0 Å². The molecule has 0 aromatic carbocycles. The highest BCUT2D eigenvalue weighted by Gasteiger charge is 2.07. The molecule has 78 valence electrons. The van der Waals surface area contributed by atoms with Crippen molar-refractivity contribution in [2.75, 3.05) is 0 Å². The smallest absolute Gasteiger partial charge is 0.0152 e. The molecular weight excluding hydrogens is 180 g/mol. The second-order valence-electron chi connectivity index (χ2n) is 4.41. The van der Waals surface area contributed by atoms with E-state index in [-0.39, 0.29) is 0 Å². The van der Waals surface area contributed by atoms with Crippen LogP contribution in [-0.4, -0.2) is 0 Å². The lowest BCUT2D eigenvalue weighted by Gasteiger charge is -2.02. The third-order valence-corrected chi connectivity index (χ3v) is 3.04. The minimum atomic E-state index is 0.598. The predicted molar refractivity (Wildman–Crippen MR) is 66.5 cm³/mol. The van der Waals surface area contributed by atoms with E-state index < -0.39 is 0 Å². The van der Waals surface area contributed by atoms with Crippen molar-refractivity contribution in [1.82, 2.24) is 0 Å². The van der Waals surface area contributed by atoms with E-state index in [0.717, 1.165) is 6.42 Å². The van der Waals surface area contributed by atoms with Gasteiger partial charge < -0.3 is 0 Å². The lowest BCUT2D eigenvalue weighted by atomic mass is 10.0. The average Bonchev–Trinajstić information content (AvgIpc) is 2.46. The third-order valence-electron chi connectivity index (χ3n) is 3.04. The predicted octanol–water partition coefficient (Wildman–Crippen LogP) is 4.48. The summed E-state index contributed by atoms with van der Waals surface area (Å²) >= 11 is 0. The van der Waals surface area contributed by atoms with Gasteiger partial charge in [0.25, 0.3) is 0 Å². The summed E-state index contributed by atoms with van der Waals surface area (Å²) in [5.41, 5.74) is 5.65. The third kappa shape index (κ3) is 1.90. The van der Waals surface area contributed by atoms with Gasteiger partial charge in [-0.25, -0.2) is 0 Å². The summed E-state index contributed by atoms with van der Waals surface area (Å²) in [5, 5.41) is 0. The van der Waals surface area contributed by atoms with Crippen molar-refractivity contribution in [1.29, 1.82) is 0 Å². The molecular formula is C15H18. The fraction of sp³-hybridized carbons (Fsp3) is 0.333. The van der Waals surface area contributed by atoms with Crippen LogP contribution in [0.15, 0.2) is 36.4 Å². The number of aryl methyl sites for hydroxylation is 1. The summed E-state index contributed by atoms with van der Waals surface area (Å²) in [5.74, 6) is 0.598. The zero-order valence-corrected chi connectivity index (χ0v) is 9.75. The SMILES string of the molecule is CCc1ccc2cc(C(C)C)cccc1-2. The summed E-state index contributed by atoms with van der Waals surface area (Å²) in [4.78, 5) is 0. The Morgan fingerprint density at radius 2 is 1.87 bits per heavy atom. The van der Waals surface area contributed by atoms with Gasteiger partial charge in [0.1, 0.15) is 0 Å². The Balaban J connectivity index is 2.55. The van der Waals surface area contributed by atoms with Gasteiger partial charge in [0, 0.05) is 0 Å². The molecule has 0 fully saturated rings. The van der Waals surface area contributed by atoms with E-state index in [1.807, 2.05) is 0 Å².